The molecule has 0 unspecified atom stereocenters. The summed E-state index contributed by atoms with van der Waals surface area (Å²) in [5.41, 5.74) is 0.974. The van der Waals surface area contributed by atoms with Crippen LogP contribution in [0.4, 0.5) is 4.39 Å². The van der Waals surface area contributed by atoms with Gasteiger partial charge in [-0.3, -0.25) is 9.59 Å². The zero-order valence-corrected chi connectivity index (χ0v) is 14.9. The maximum Gasteiger partial charge on any atom is 0.226 e. The van der Waals surface area contributed by atoms with Crippen LogP contribution in [0.1, 0.15) is 31.2 Å². The molecule has 136 valence electrons. The van der Waals surface area contributed by atoms with Gasteiger partial charge in [0.2, 0.25) is 11.8 Å². The number of nitrogens with zero attached hydrogens (tertiary/aromatic N) is 2. The molecule has 1 aromatic carbocycles. The number of hydrogen-bond acceptors (Lipinski definition) is 3. The molecule has 1 aliphatic heterocycles. The third kappa shape index (κ3) is 4.18. The van der Waals surface area contributed by atoms with Crippen molar-refractivity contribution in [1.29, 1.82) is 0 Å². The lowest BCUT2D eigenvalue weighted by Crippen LogP contribution is -2.49. The van der Waals surface area contributed by atoms with E-state index in [4.69, 9.17) is 0 Å². The van der Waals surface area contributed by atoms with Crippen LogP contribution < -0.4 is 5.32 Å². The summed E-state index contributed by atoms with van der Waals surface area (Å²) in [5.74, 6) is -0.330. The fraction of sp³-hybridized carbons (Fsp3) is 0.579. The molecule has 25 heavy (non-hydrogen) atoms. The first kappa shape index (κ1) is 17.9. The van der Waals surface area contributed by atoms with Crippen LogP contribution in [0.15, 0.2) is 24.3 Å². The fourth-order valence-corrected chi connectivity index (χ4v) is 4.06. The Morgan fingerprint density at radius 3 is 2.32 bits per heavy atom. The molecule has 2 amide bonds. The van der Waals surface area contributed by atoms with Gasteiger partial charge in [-0.2, -0.15) is 0 Å². The molecule has 3 atom stereocenters. The zero-order valence-electron chi connectivity index (χ0n) is 14.9. The van der Waals surface area contributed by atoms with Crippen molar-refractivity contribution in [2.24, 2.45) is 5.92 Å². The summed E-state index contributed by atoms with van der Waals surface area (Å²) in [7, 11) is 2.06. The second-order valence-corrected chi connectivity index (χ2v) is 7.26. The van der Waals surface area contributed by atoms with Gasteiger partial charge in [0, 0.05) is 45.1 Å². The van der Waals surface area contributed by atoms with E-state index in [1.165, 1.54) is 19.1 Å². The van der Waals surface area contributed by atoms with Crippen LogP contribution >= 0.6 is 0 Å². The Labute approximate surface area is 148 Å². The number of likely N-dealkylation sites (N-methyl/N-ethyl adjacent to an activating group) is 1. The second-order valence-electron chi connectivity index (χ2n) is 7.26. The molecule has 1 saturated heterocycles. The standard InChI is InChI=1S/C19H26FN3O2/c1-13(24)21-16-11-17(14-3-5-15(20)6-4-14)18(12-16)19(25)23-9-7-22(2)8-10-23/h3-6,16-18H,7-12H2,1-2H3,(H,21,24)/t16-,17+,18-/m0/s1. The van der Waals surface area contributed by atoms with E-state index in [1.54, 1.807) is 12.1 Å². The highest BCUT2D eigenvalue weighted by molar-refractivity contribution is 5.81. The molecule has 2 aliphatic rings. The normalized spacial score (nSPS) is 27.3. The number of halogens is 1. The predicted molar refractivity (Wildman–Crippen MR) is 93.5 cm³/mol. The number of hydrogen-bond donors (Lipinski definition) is 1. The molecule has 1 aliphatic carbocycles. The second kappa shape index (κ2) is 7.52. The van der Waals surface area contributed by atoms with E-state index in [0.717, 1.165) is 38.2 Å². The maximum absolute atomic E-state index is 13.3. The summed E-state index contributed by atoms with van der Waals surface area (Å²) < 4.78 is 13.3. The van der Waals surface area contributed by atoms with Crippen molar-refractivity contribution in [2.75, 3.05) is 33.2 Å². The van der Waals surface area contributed by atoms with Crippen molar-refractivity contribution >= 4 is 11.8 Å². The van der Waals surface area contributed by atoms with Gasteiger partial charge in [0.15, 0.2) is 0 Å². The number of carbonyl (C=O) groups excluding carboxylic acids is 2. The third-order valence-corrected chi connectivity index (χ3v) is 5.40. The van der Waals surface area contributed by atoms with Crippen molar-refractivity contribution in [1.82, 2.24) is 15.1 Å². The average Bonchev–Trinajstić information content (AvgIpc) is 2.98. The first-order chi connectivity index (χ1) is 11.9. The van der Waals surface area contributed by atoms with Gasteiger partial charge in [-0.1, -0.05) is 12.1 Å². The molecule has 0 aromatic heterocycles. The summed E-state index contributed by atoms with van der Waals surface area (Å²) in [6, 6.07) is 6.41. The highest BCUT2D eigenvalue weighted by Gasteiger charge is 2.41. The van der Waals surface area contributed by atoms with Gasteiger partial charge in [-0.05, 0) is 43.5 Å². The molecule has 1 heterocycles. The molecule has 6 heteroatoms. The molecular formula is C19H26FN3O2. The molecule has 1 N–H and O–H groups in total. The first-order valence-corrected chi connectivity index (χ1v) is 8.94. The first-order valence-electron chi connectivity index (χ1n) is 8.94. The average molecular weight is 347 g/mol. The lowest BCUT2D eigenvalue weighted by atomic mass is 9.88. The Hall–Kier alpha value is -1.95. The molecule has 5 nitrogen and oxygen atoms in total. The van der Waals surface area contributed by atoms with E-state index < -0.39 is 0 Å². The van der Waals surface area contributed by atoms with E-state index in [2.05, 4.69) is 17.3 Å². The Bertz CT molecular complexity index is 626. The van der Waals surface area contributed by atoms with E-state index >= 15 is 0 Å². The van der Waals surface area contributed by atoms with Gasteiger partial charge in [-0.15, -0.1) is 0 Å². The molecule has 0 radical (unpaired) electrons. The van der Waals surface area contributed by atoms with Gasteiger partial charge >= 0.3 is 0 Å². The lowest BCUT2D eigenvalue weighted by molar-refractivity contribution is -0.137. The van der Waals surface area contributed by atoms with Crippen LogP contribution in [-0.2, 0) is 9.59 Å². The summed E-state index contributed by atoms with van der Waals surface area (Å²) in [6.07, 6.45) is 1.36. The zero-order chi connectivity index (χ0) is 18.0. The number of piperazine rings is 1. The van der Waals surface area contributed by atoms with E-state index in [1.807, 2.05) is 4.90 Å². The number of carbonyl (C=O) groups is 2. The monoisotopic (exact) mass is 347 g/mol. The molecular weight excluding hydrogens is 321 g/mol. The topological polar surface area (TPSA) is 52.7 Å². The predicted octanol–water partition coefficient (Wildman–Crippen LogP) is 1.60. The van der Waals surface area contributed by atoms with Gasteiger partial charge in [0.05, 0.1) is 0 Å². The highest BCUT2D eigenvalue weighted by Crippen LogP contribution is 2.41. The van der Waals surface area contributed by atoms with Crippen LogP contribution in [0, 0.1) is 11.7 Å². The molecule has 2 fully saturated rings. The van der Waals surface area contributed by atoms with E-state index in [9.17, 15) is 14.0 Å². The molecule has 0 bridgehead atoms. The number of rotatable bonds is 3. The Balaban J connectivity index is 1.78. The summed E-state index contributed by atoms with van der Waals surface area (Å²) in [6.45, 7) is 4.76. The fourth-order valence-electron chi connectivity index (χ4n) is 4.06. The van der Waals surface area contributed by atoms with Gasteiger partial charge in [0.25, 0.3) is 0 Å². The largest absolute Gasteiger partial charge is 0.354 e. The smallest absolute Gasteiger partial charge is 0.226 e. The van der Waals surface area contributed by atoms with Crippen LogP contribution in [0.5, 0.6) is 0 Å². The van der Waals surface area contributed by atoms with Crippen molar-refractivity contribution < 1.29 is 14.0 Å². The molecule has 3 rings (SSSR count). The van der Waals surface area contributed by atoms with Crippen molar-refractivity contribution in [3.63, 3.8) is 0 Å². The number of nitrogens with one attached hydrogen (secondary N) is 1. The Morgan fingerprint density at radius 2 is 1.72 bits per heavy atom. The van der Waals surface area contributed by atoms with Gasteiger partial charge in [-0.25, -0.2) is 4.39 Å². The minimum atomic E-state index is -0.276. The minimum absolute atomic E-state index is 0.00559. The molecule has 1 aromatic rings. The molecule has 1 saturated carbocycles. The maximum atomic E-state index is 13.3. The lowest BCUT2D eigenvalue weighted by Gasteiger charge is -2.35. The van der Waals surface area contributed by atoms with Crippen molar-refractivity contribution in [3.8, 4) is 0 Å². The van der Waals surface area contributed by atoms with Crippen LogP contribution in [-0.4, -0.2) is 60.9 Å². The van der Waals surface area contributed by atoms with Gasteiger partial charge in [0.1, 0.15) is 5.82 Å². The van der Waals surface area contributed by atoms with Crippen molar-refractivity contribution in [3.05, 3.63) is 35.6 Å². The minimum Gasteiger partial charge on any atom is -0.354 e. The highest BCUT2D eigenvalue weighted by atomic mass is 19.1. The Morgan fingerprint density at radius 1 is 1.08 bits per heavy atom. The third-order valence-electron chi connectivity index (χ3n) is 5.40. The summed E-state index contributed by atoms with van der Waals surface area (Å²) >= 11 is 0. The van der Waals surface area contributed by atoms with Crippen LogP contribution in [0.25, 0.3) is 0 Å². The van der Waals surface area contributed by atoms with Crippen LogP contribution in [0.3, 0.4) is 0 Å². The summed E-state index contributed by atoms with van der Waals surface area (Å²) in [5, 5.41) is 2.96. The quantitative estimate of drug-likeness (QED) is 0.904. The van der Waals surface area contributed by atoms with Crippen molar-refractivity contribution in [2.45, 2.75) is 31.7 Å². The van der Waals surface area contributed by atoms with Crippen LogP contribution in [0.2, 0.25) is 0 Å². The Kier molecular flexibility index (Phi) is 5.37. The SMILES string of the molecule is CC(=O)N[C@@H]1C[C@H](C(=O)N2CCN(C)CC2)[C@@H](c2ccc(F)cc2)C1. The molecule has 0 spiro atoms. The summed E-state index contributed by atoms with van der Waals surface area (Å²) in [4.78, 5) is 28.7. The van der Waals surface area contributed by atoms with E-state index in [-0.39, 0.29) is 35.5 Å². The van der Waals surface area contributed by atoms with E-state index in [0.29, 0.717) is 6.42 Å². The van der Waals surface area contributed by atoms with Gasteiger partial charge < -0.3 is 15.1 Å². The number of benzene rings is 1. The number of amides is 2.